The number of aromatic nitrogens is 2. The molecule has 0 bridgehead atoms. The van der Waals surface area contributed by atoms with E-state index in [2.05, 4.69) is 34.7 Å². The van der Waals surface area contributed by atoms with Gasteiger partial charge in [0.15, 0.2) is 0 Å². The Hall–Kier alpha value is -2.05. The average Bonchev–Trinajstić information content (AvgIpc) is 2.84. The van der Waals surface area contributed by atoms with Gasteiger partial charge in [-0.1, -0.05) is 13.8 Å². The quantitative estimate of drug-likeness (QED) is 0.792. The Morgan fingerprint density at radius 1 is 1.39 bits per heavy atom. The molecular weight excluding hydrogens is 294 g/mol. The molecule has 3 N–H and O–H groups in total. The van der Waals surface area contributed by atoms with Gasteiger partial charge in [0.05, 0.1) is 23.0 Å². The van der Waals surface area contributed by atoms with Crippen LogP contribution >= 0.6 is 0 Å². The van der Waals surface area contributed by atoms with Crippen LogP contribution in [0, 0.1) is 25.7 Å². The summed E-state index contributed by atoms with van der Waals surface area (Å²) in [7, 11) is 0. The average molecular weight is 321 g/mol. The summed E-state index contributed by atoms with van der Waals surface area (Å²) < 4.78 is 0. The molecule has 2 heterocycles. The Morgan fingerprint density at radius 2 is 2.13 bits per heavy atom. The van der Waals surface area contributed by atoms with Gasteiger partial charge in [0, 0.05) is 19.6 Å². The third-order valence-corrected chi connectivity index (χ3v) is 4.12. The molecule has 0 radical (unpaired) electrons. The standard InChI is InChI=1S/C16H27N5O2/c1-10(2)8-17-16(23)21-7-5-6-13(9-21)15(22)18-14-11(3)19-20-12(14)4/h10,13H,5-9H2,1-4H3,(H,17,23)(H,18,22)(H,19,20). The minimum Gasteiger partial charge on any atom is -0.338 e. The maximum atomic E-state index is 12.5. The molecule has 1 aromatic heterocycles. The smallest absolute Gasteiger partial charge is 0.317 e. The summed E-state index contributed by atoms with van der Waals surface area (Å²) in [5.41, 5.74) is 2.37. The van der Waals surface area contributed by atoms with Crippen molar-refractivity contribution in [2.45, 2.75) is 40.5 Å². The van der Waals surface area contributed by atoms with Crippen molar-refractivity contribution in [3.05, 3.63) is 11.4 Å². The third-order valence-electron chi connectivity index (χ3n) is 4.12. The molecule has 23 heavy (non-hydrogen) atoms. The van der Waals surface area contributed by atoms with Crippen molar-refractivity contribution in [1.29, 1.82) is 0 Å². The number of rotatable bonds is 4. The molecule has 1 unspecified atom stereocenters. The van der Waals surface area contributed by atoms with Crippen LogP contribution in [-0.4, -0.2) is 46.7 Å². The monoisotopic (exact) mass is 321 g/mol. The van der Waals surface area contributed by atoms with Crippen molar-refractivity contribution in [1.82, 2.24) is 20.4 Å². The lowest BCUT2D eigenvalue weighted by molar-refractivity contribution is -0.121. The Labute approximate surface area is 137 Å². The number of aromatic amines is 1. The molecule has 1 saturated heterocycles. The van der Waals surface area contributed by atoms with Crippen LogP contribution in [-0.2, 0) is 4.79 Å². The zero-order chi connectivity index (χ0) is 17.0. The van der Waals surface area contributed by atoms with Gasteiger partial charge in [-0.15, -0.1) is 0 Å². The molecule has 1 atom stereocenters. The number of H-pyrrole nitrogens is 1. The summed E-state index contributed by atoms with van der Waals surface area (Å²) in [6.07, 6.45) is 1.65. The molecule has 1 aliphatic heterocycles. The highest BCUT2D eigenvalue weighted by Crippen LogP contribution is 2.21. The second-order valence-electron chi connectivity index (χ2n) is 6.66. The maximum absolute atomic E-state index is 12.5. The zero-order valence-electron chi connectivity index (χ0n) is 14.4. The summed E-state index contributed by atoms with van der Waals surface area (Å²) in [6, 6.07) is -0.0770. The number of hydrogen-bond donors (Lipinski definition) is 3. The largest absolute Gasteiger partial charge is 0.338 e. The number of urea groups is 1. The fraction of sp³-hybridized carbons (Fsp3) is 0.688. The van der Waals surface area contributed by atoms with Crippen molar-refractivity contribution in [3.8, 4) is 0 Å². The topological polar surface area (TPSA) is 90.1 Å². The van der Waals surface area contributed by atoms with Crippen LogP contribution < -0.4 is 10.6 Å². The van der Waals surface area contributed by atoms with Gasteiger partial charge in [0.25, 0.3) is 0 Å². The molecule has 3 amide bonds. The lowest BCUT2D eigenvalue weighted by Crippen LogP contribution is -2.48. The number of anilines is 1. The number of amides is 3. The first-order valence-corrected chi connectivity index (χ1v) is 8.23. The highest BCUT2D eigenvalue weighted by molar-refractivity contribution is 5.94. The molecule has 128 valence electrons. The second kappa shape index (κ2) is 7.48. The zero-order valence-corrected chi connectivity index (χ0v) is 14.4. The van der Waals surface area contributed by atoms with Gasteiger partial charge in [-0.2, -0.15) is 5.10 Å². The molecule has 0 aromatic carbocycles. The molecule has 7 nitrogen and oxygen atoms in total. The highest BCUT2D eigenvalue weighted by Gasteiger charge is 2.29. The van der Waals surface area contributed by atoms with E-state index in [-0.39, 0.29) is 17.9 Å². The highest BCUT2D eigenvalue weighted by atomic mass is 16.2. The first-order chi connectivity index (χ1) is 10.9. The van der Waals surface area contributed by atoms with Crippen LogP contribution in [0.5, 0.6) is 0 Å². The van der Waals surface area contributed by atoms with E-state index in [0.29, 0.717) is 25.6 Å². The van der Waals surface area contributed by atoms with Gasteiger partial charge in [-0.3, -0.25) is 9.89 Å². The normalized spacial score (nSPS) is 18.1. The van der Waals surface area contributed by atoms with Crippen LogP contribution in [0.2, 0.25) is 0 Å². The van der Waals surface area contributed by atoms with Crippen LogP contribution in [0.25, 0.3) is 0 Å². The molecule has 1 aliphatic rings. The van der Waals surface area contributed by atoms with E-state index >= 15 is 0 Å². The third kappa shape index (κ3) is 4.46. The number of nitrogens with one attached hydrogen (secondary N) is 3. The Kier molecular flexibility index (Phi) is 5.63. The number of carbonyl (C=O) groups is 2. The van der Waals surface area contributed by atoms with Crippen LogP contribution in [0.1, 0.15) is 38.1 Å². The van der Waals surface area contributed by atoms with E-state index in [1.165, 1.54) is 0 Å². The Bertz CT molecular complexity index is 547. The van der Waals surface area contributed by atoms with E-state index in [1.54, 1.807) is 4.90 Å². The van der Waals surface area contributed by atoms with E-state index in [0.717, 1.165) is 29.9 Å². The van der Waals surface area contributed by atoms with Crippen molar-refractivity contribution in [2.75, 3.05) is 25.0 Å². The van der Waals surface area contributed by atoms with Crippen molar-refractivity contribution >= 4 is 17.6 Å². The molecule has 0 saturated carbocycles. The lowest BCUT2D eigenvalue weighted by atomic mass is 9.97. The molecule has 7 heteroatoms. The molecule has 0 spiro atoms. The first-order valence-electron chi connectivity index (χ1n) is 8.23. The van der Waals surface area contributed by atoms with E-state index < -0.39 is 0 Å². The lowest BCUT2D eigenvalue weighted by Gasteiger charge is -2.32. The van der Waals surface area contributed by atoms with Gasteiger partial charge in [0.1, 0.15) is 0 Å². The van der Waals surface area contributed by atoms with E-state index in [9.17, 15) is 9.59 Å². The van der Waals surface area contributed by atoms with Crippen molar-refractivity contribution < 1.29 is 9.59 Å². The van der Waals surface area contributed by atoms with Crippen LogP contribution in [0.3, 0.4) is 0 Å². The van der Waals surface area contributed by atoms with Gasteiger partial charge in [-0.25, -0.2) is 4.79 Å². The number of aryl methyl sites for hydroxylation is 2. The SMILES string of the molecule is Cc1n[nH]c(C)c1NC(=O)C1CCCN(C(=O)NCC(C)C)C1. The fourth-order valence-corrected chi connectivity index (χ4v) is 2.74. The van der Waals surface area contributed by atoms with Gasteiger partial charge in [0.2, 0.25) is 5.91 Å². The minimum absolute atomic E-state index is 0.0426. The van der Waals surface area contributed by atoms with Gasteiger partial charge < -0.3 is 15.5 Å². The van der Waals surface area contributed by atoms with E-state index in [4.69, 9.17) is 0 Å². The Balaban J connectivity index is 1.92. The molecule has 1 fully saturated rings. The predicted octanol–water partition coefficient (Wildman–Crippen LogP) is 2.04. The molecular formula is C16H27N5O2. The fourth-order valence-electron chi connectivity index (χ4n) is 2.74. The number of nitrogens with zero attached hydrogens (tertiary/aromatic N) is 2. The number of piperidine rings is 1. The van der Waals surface area contributed by atoms with Gasteiger partial charge in [-0.05, 0) is 32.6 Å². The number of carbonyl (C=O) groups excluding carboxylic acids is 2. The van der Waals surface area contributed by atoms with Crippen molar-refractivity contribution in [2.24, 2.45) is 11.8 Å². The predicted molar refractivity (Wildman–Crippen MR) is 89.2 cm³/mol. The molecule has 2 rings (SSSR count). The number of hydrogen-bond acceptors (Lipinski definition) is 3. The second-order valence-corrected chi connectivity index (χ2v) is 6.66. The maximum Gasteiger partial charge on any atom is 0.317 e. The summed E-state index contributed by atoms with van der Waals surface area (Å²) in [4.78, 5) is 26.4. The Morgan fingerprint density at radius 3 is 2.74 bits per heavy atom. The van der Waals surface area contributed by atoms with Gasteiger partial charge >= 0.3 is 6.03 Å². The first kappa shape index (κ1) is 17.3. The summed E-state index contributed by atoms with van der Waals surface area (Å²) in [5.74, 6) is 0.191. The van der Waals surface area contributed by atoms with Crippen LogP contribution in [0.4, 0.5) is 10.5 Å². The number of likely N-dealkylation sites (tertiary alicyclic amines) is 1. The molecule has 0 aliphatic carbocycles. The summed E-state index contributed by atoms with van der Waals surface area (Å²) in [5, 5.41) is 12.8. The van der Waals surface area contributed by atoms with Crippen molar-refractivity contribution in [3.63, 3.8) is 0 Å². The minimum atomic E-state index is -0.178. The van der Waals surface area contributed by atoms with Crippen LogP contribution in [0.15, 0.2) is 0 Å². The van der Waals surface area contributed by atoms with E-state index in [1.807, 2.05) is 13.8 Å². The molecule has 1 aromatic rings. The summed E-state index contributed by atoms with van der Waals surface area (Å²) >= 11 is 0. The summed E-state index contributed by atoms with van der Waals surface area (Å²) in [6.45, 7) is 9.67.